The lowest BCUT2D eigenvalue weighted by atomic mass is 9.76. The molecular formula is C35H44ClN2+. The Kier molecular flexibility index (Phi) is 7.70. The Labute approximate surface area is 235 Å². The predicted octanol–water partition coefficient (Wildman–Crippen LogP) is 9.42. The van der Waals surface area contributed by atoms with Crippen LogP contribution in [0.25, 0.3) is 0 Å². The Hall–Kier alpha value is -2.84. The lowest BCUT2D eigenvalue weighted by Crippen LogP contribution is -2.29. The fourth-order valence-electron chi connectivity index (χ4n) is 6.24. The summed E-state index contributed by atoms with van der Waals surface area (Å²) in [7, 11) is 4.35. The first-order valence-corrected chi connectivity index (χ1v) is 14.3. The first-order valence-electron chi connectivity index (χ1n) is 13.9. The molecule has 0 aromatic heterocycles. The first kappa shape index (κ1) is 28.2. The Bertz CT molecular complexity index is 1430. The van der Waals surface area contributed by atoms with Gasteiger partial charge in [0.05, 0.1) is 5.41 Å². The molecular weight excluding hydrogens is 484 g/mol. The second-order valence-corrected chi connectivity index (χ2v) is 12.0. The second-order valence-electron chi connectivity index (χ2n) is 11.6. The lowest BCUT2D eigenvalue weighted by Gasteiger charge is -2.27. The van der Waals surface area contributed by atoms with Gasteiger partial charge in [0, 0.05) is 46.6 Å². The number of benzene rings is 2. The molecule has 0 aliphatic carbocycles. The van der Waals surface area contributed by atoms with E-state index in [0.717, 1.165) is 29.0 Å². The molecule has 2 heterocycles. The molecule has 200 valence electrons. The van der Waals surface area contributed by atoms with E-state index in [9.17, 15) is 0 Å². The van der Waals surface area contributed by atoms with E-state index in [2.05, 4.69) is 140 Å². The summed E-state index contributed by atoms with van der Waals surface area (Å²) in [4.78, 5) is 2.34. The topological polar surface area (TPSA) is 6.25 Å². The third-order valence-electron chi connectivity index (χ3n) is 9.16. The van der Waals surface area contributed by atoms with Gasteiger partial charge < -0.3 is 4.90 Å². The van der Waals surface area contributed by atoms with E-state index in [1.807, 2.05) is 0 Å². The van der Waals surface area contributed by atoms with Gasteiger partial charge in [0.2, 0.25) is 5.69 Å². The maximum absolute atomic E-state index is 6.95. The van der Waals surface area contributed by atoms with Crippen LogP contribution in [0.3, 0.4) is 0 Å². The normalized spacial score (nSPS) is 25.0. The van der Waals surface area contributed by atoms with Crippen LogP contribution in [0, 0.1) is 13.8 Å². The van der Waals surface area contributed by atoms with Crippen LogP contribution in [0.2, 0.25) is 0 Å². The van der Waals surface area contributed by atoms with E-state index in [1.54, 1.807) is 0 Å². The number of likely N-dealkylation sites (N-methyl/N-ethyl adjacent to an activating group) is 1. The molecule has 0 saturated carbocycles. The van der Waals surface area contributed by atoms with Gasteiger partial charge in [-0.3, -0.25) is 0 Å². The minimum atomic E-state index is -0.0142. The van der Waals surface area contributed by atoms with Crippen molar-refractivity contribution in [2.24, 2.45) is 0 Å². The molecule has 0 bridgehead atoms. The standard InChI is InChI=1S/C35H44ClN2/c1-11-34(7)27-21-23(3)13-17-29(27)37(9)31(34)19-15-25(5)33(36)26(6)16-20-32-35(8,12-2)28-22-24(4)14-18-30(28)38(32)10/h13-22H,11-12H2,1-10H3/q+1. The third-order valence-corrected chi connectivity index (χ3v) is 9.75. The van der Waals surface area contributed by atoms with E-state index in [-0.39, 0.29) is 10.8 Å². The predicted molar refractivity (Wildman–Crippen MR) is 166 cm³/mol. The molecule has 0 spiro atoms. The van der Waals surface area contributed by atoms with Gasteiger partial charge in [0.25, 0.3) is 0 Å². The lowest BCUT2D eigenvalue weighted by molar-refractivity contribution is -0.401. The van der Waals surface area contributed by atoms with Gasteiger partial charge in [-0.25, -0.2) is 0 Å². The molecule has 0 N–H and O–H groups in total. The van der Waals surface area contributed by atoms with Gasteiger partial charge in [-0.1, -0.05) is 66.9 Å². The molecule has 3 heteroatoms. The van der Waals surface area contributed by atoms with E-state index < -0.39 is 0 Å². The molecule has 4 rings (SSSR count). The Morgan fingerprint density at radius 2 is 1.55 bits per heavy atom. The summed E-state index contributed by atoms with van der Waals surface area (Å²) >= 11 is 6.95. The van der Waals surface area contributed by atoms with Gasteiger partial charge in [-0.15, -0.1) is 0 Å². The van der Waals surface area contributed by atoms with Crippen molar-refractivity contribution in [1.82, 2.24) is 0 Å². The minimum absolute atomic E-state index is 0.0142. The maximum atomic E-state index is 6.95. The fraction of sp³-hybridized carbons (Fsp3) is 0.400. The van der Waals surface area contributed by atoms with Crippen molar-refractivity contribution >= 4 is 28.7 Å². The summed E-state index contributed by atoms with van der Waals surface area (Å²) in [5.41, 5.74) is 12.8. The van der Waals surface area contributed by atoms with Crippen LogP contribution in [-0.4, -0.2) is 24.4 Å². The van der Waals surface area contributed by atoms with Crippen LogP contribution in [0.15, 0.2) is 82.6 Å². The molecule has 2 aromatic rings. The molecule has 38 heavy (non-hydrogen) atoms. The Morgan fingerprint density at radius 3 is 2.18 bits per heavy atom. The molecule has 0 amide bonds. The van der Waals surface area contributed by atoms with Gasteiger partial charge in [-0.2, -0.15) is 4.58 Å². The highest BCUT2D eigenvalue weighted by molar-refractivity contribution is 6.32. The number of hydrogen-bond donors (Lipinski definition) is 0. The zero-order valence-electron chi connectivity index (χ0n) is 25.0. The summed E-state index contributed by atoms with van der Waals surface area (Å²) in [6.07, 6.45) is 11.0. The van der Waals surface area contributed by atoms with Crippen LogP contribution in [0.4, 0.5) is 11.4 Å². The van der Waals surface area contributed by atoms with Crippen molar-refractivity contribution in [3.63, 3.8) is 0 Å². The van der Waals surface area contributed by atoms with E-state index in [0.29, 0.717) is 0 Å². The molecule has 2 aliphatic rings. The zero-order valence-corrected chi connectivity index (χ0v) is 25.7. The highest BCUT2D eigenvalue weighted by atomic mass is 35.5. The average molecular weight is 528 g/mol. The Morgan fingerprint density at radius 1 is 0.947 bits per heavy atom. The van der Waals surface area contributed by atoms with Crippen molar-refractivity contribution < 1.29 is 4.58 Å². The van der Waals surface area contributed by atoms with Crippen LogP contribution >= 0.6 is 11.6 Å². The van der Waals surface area contributed by atoms with Crippen LogP contribution in [0.5, 0.6) is 0 Å². The van der Waals surface area contributed by atoms with E-state index in [1.165, 1.54) is 45.0 Å². The molecule has 2 unspecified atom stereocenters. The summed E-state index contributed by atoms with van der Waals surface area (Å²) in [6, 6.07) is 13.6. The molecule has 0 radical (unpaired) electrons. The largest absolute Gasteiger partial charge is 0.347 e. The molecule has 2 aromatic carbocycles. The summed E-state index contributed by atoms with van der Waals surface area (Å²) < 4.78 is 2.34. The number of rotatable bonds is 6. The molecule has 2 aliphatic heterocycles. The molecule has 0 fully saturated rings. The van der Waals surface area contributed by atoms with Crippen molar-refractivity contribution in [1.29, 1.82) is 0 Å². The van der Waals surface area contributed by atoms with Crippen molar-refractivity contribution in [2.75, 3.05) is 19.0 Å². The number of allylic oxidation sites excluding steroid dienone is 8. The van der Waals surface area contributed by atoms with Gasteiger partial charge in [-0.05, 0) is 89.3 Å². The molecule has 2 nitrogen and oxygen atoms in total. The number of fused-ring (bicyclic) bond motifs is 2. The molecule has 2 atom stereocenters. The second kappa shape index (κ2) is 10.4. The monoisotopic (exact) mass is 527 g/mol. The fourth-order valence-corrected chi connectivity index (χ4v) is 6.37. The number of hydrogen-bond acceptors (Lipinski definition) is 1. The van der Waals surface area contributed by atoms with E-state index in [4.69, 9.17) is 11.6 Å². The van der Waals surface area contributed by atoms with Crippen LogP contribution in [-0.2, 0) is 10.8 Å². The highest BCUT2D eigenvalue weighted by Gasteiger charge is 2.45. The van der Waals surface area contributed by atoms with Gasteiger partial charge in [0.1, 0.15) is 7.05 Å². The number of nitrogens with zero attached hydrogens (tertiary/aromatic N) is 2. The SMILES string of the molecule is CCC1(C)C(/C=C/C(C)=C(Cl)/C(C)=C/C=C2/N(C)c3ccc(C)cc3C2(C)CC)=[N+](C)c2ccc(C)cc21. The summed E-state index contributed by atoms with van der Waals surface area (Å²) in [6.45, 7) is 17.8. The number of anilines is 1. The van der Waals surface area contributed by atoms with E-state index >= 15 is 0 Å². The quantitative estimate of drug-likeness (QED) is 0.268. The highest BCUT2D eigenvalue weighted by Crippen LogP contribution is 2.49. The van der Waals surface area contributed by atoms with Crippen LogP contribution < -0.4 is 4.90 Å². The van der Waals surface area contributed by atoms with Gasteiger partial charge in [0.15, 0.2) is 5.71 Å². The zero-order chi connectivity index (χ0) is 28.0. The van der Waals surface area contributed by atoms with Crippen molar-refractivity contribution in [2.45, 2.75) is 79.1 Å². The molecule has 0 saturated heterocycles. The average Bonchev–Trinajstić information content (AvgIpc) is 3.24. The third kappa shape index (κ3) is 4.51. The summed E-state index contributed by atoms with van der Waals surface area (Å²) in [5, 5.41) is 0.804. The van der Waals surface area contributed by atoms with Crippen molar-refractivity contribution in [3.05, 3.63) is 105 Å². The van der Waals surface area contributed by atoms with Crippen molar-refractivity contribution in [3.8, 4) is 0 Å². The summed E-state index contributed by atoms with van der Waals surface area (Å²) in [5.74, 6) is 0. The van der Waals surface area contributed by atoms with Gasteiger partial charge >= 0.3 is 0 Å². The number of halogens is 1. The smallest absolute Gasteiger partial charge is 0.209 e. The minimum Gasteiger partial charge on any atom is -0.347 e. The first-order chi connectivity index (χ1) is 17.9. The van der Waals surface area contributed by atoms with Crippen LogP contribution in [0.1, 0.15) is 76.6 Å². The number of aryl methyl sites for hydroxylation is 2. The maximum Gasteiger partial charge on any atom is 0.209 e. The Balaban J connectivity index is 1.65.